The van der Waals surface area contributed by atoms with Crippen molar-refractivity contribution in [1.29, 1.82) is 0 Å². The van der Waals surface area contributed by atoms with Crippen LogP contribution in [-0.2, 0) is 14.8 Å². The average Bonchev–Trinajstić information content (AvgIpc) is 2.49. The molecule has 118 valence electrons. The molecule has 1 aliphatic heterocycles. The van der Waals surface area contributed by atoms with Crippen LogP contribution >= 0.6 is 0 Å². The molecule has 0 saturated carbocycles. The number of rotatable bonds is 7. The maximum atomic E-state index is 12.2. The van der Waals surface area contributed by atoms with Gasteiger partial charge >= 0.3 is 0 Å². The summed E-state index contributed by atoms with van der Waals surface area (Å²) >= 11 is 0. The molecule has 1 heterocycles. The van der Waals surface area contributed by atoms with E-state index in [0.717, 1.165) is 32.8 Å². The van der Waals surface area contributed by atoms with Crippen molar-refractivity contribution in [3.8, 4) is 5.75 Å². The molecule has 0 aliphatic carbocycles. The Labute approximate surface area is 126 Å². The smallest absolute Gasteiger partial charge is 0.240 e. The van der Waals surface area contributed by atoms with Gasteiger partial charge in [-0.15, -0.1) is 0 Å². The van der Waals surface area contributed by atoms with Crippen molar-refractivity contribution >= 4 is 10.0 Å². The van der Waals surface area contributed by atoms with E-state index >= 15 is 0 Å². The van der Waals surface area contributed by atoms with Crippen LogP contribution in [0.3, 0.4) is 0 Å². The summed E-state index contributed by atoms with van der Waals surface area (Å²) in [6.45, 7) is 7.04. The largest absolute Gasteiger partial charge is 0.494 e. The lowest BCUT2D eigenvalue weighted by atomic mass is 10.3. The fourth-order valence-corrected chi connectivity index (χ4v) is 3.27. The van der Waals surface area contributed by atoms with Gasteiger partial charge in [0.2, 0.25) is 10.0 Å². The number of benzene rings is 1. The standard InChI is InChI=1S/C14H22N2O4S/c1-2-20-13-3-5-14(6-4-13)21(17,18)15-7-8-16-9-11-19-12-10-16/h3-6,15H,2,7-12H2,1H3/p+1. The zero-order valence-electron chi connectivity index (χ0n) is 12.3. The van der Waals surface area contributed by atoms with Gasteiger partial charge in [-0.3, -0.25) is 0 Å². The maximum absolute atomic E-state index is 12.2. The molecule has 0 spiro atoms. The van der Waals surface area contributed by atoms with Crippen LogP contribution in [0.15, 0.2) is 29.2 Å². The molecule has 6 nitrogen and oxygen atoms in total. The van der Waals surface area contributed by atoms with Gasteiger partial charge in [0.1, 0.15) is 18.8 Å². The van der Waals surface area contributed by atoms with Crippen molar-refractivity contribution in [2.45, 2.75) is 11.8 Å². The molecule has 1 aliphatic rings. The number of quaternary nitrogens is 1. The van der Waals surface area contributed by atoms with Gasteiger partial charge < -0.3 is 14.4 Å². The minimum Gasteiger partial charge on any atom is -0.494 e. The monoisotopic (exact) mass is 315 g/mol. The van der Waals surface area contributed by atoms with E-state index in [1.807, 2.05) is 6.92 Å². The molecule has 21 heavy (non-hydrogen) atoms. The molecule has 1 aromatic carbocycles. The van der Waals surface area contributed by atoms with Gasteiger partial charge in [0, 0.05) is 0 Å². The Morgan fingerprint density at radius 3 is 2.52 bits per heavy atom. The Kier molecular flexibility index (Phi) is 5.98. The molecule has 1 fully saturated rings. The van der Waals surface area contributed by atoms with Crippen LogP contribution in [0, 0.1) is 0 Å². The predicted molar refractivity (Wildman–Crippen MR) is 79.2 cm³/mol. The first-order valence-corrected chi connectivity index (χ1v) is 8.74. The van der Waals surface area contributed by atoms with Crippen LogP contribution in [0.2, 0.25) is 0 Å². The van der Waals surface area contributed by atoms with E-state index in [1.54, 1.807) is 24.3 Å². The lowest BCUT2D eigenvalue weighted by molar-refractivity contribution is -0.906. The first-order chi connectivity index (χ1) is 10.1. The quantitative estimate of drug-likeness (QED) is 0.697. The van der Waals surface area contributed by atoms with E-state index in [9.17, 15) is 8.42 Å². The summed E-state index contributed by atoms with van der Waals surface area (Å²) in [6.07, 6.45) is 0. The SMILES string of the molecule is CCOc1ccc(S(=O)(=O)NCC[NH+]2CCOCC2)cc1. The van der Waals surface area contributed by atoms with Crippen LogP contribution in [-0.4, -0.2) is 54.4 Å². The summed E-state index contributed by atoms with van der Waals surface area (Å²) in [5.74, 6) is 0.675. The normalized spacial score (nSPS) is 16.8. The first-order valence-electron chi connectivity index (χ1n) is 7.25. The number of hydrogen-bond donors (Lipinski definition) is 2. The van der Waals surface area contributed by atoms with E-state index < -0.39 is 10.0 Å². The molecule has 0 bridgehead atoms. The van der Waals surface area contributed by atoms with Crippen molar-refractivity contribution < 1.29 is 22.8 Å². The molecule has 0 radical (unpaired) electrons. The maximum Gasteiger partial charge on any atom is 0.240 e. The number of nitrogens with one attached hydrogen (secondary N) is 2. The van der Waals surface area contributed by atoms with Crippen molar-refractivity contribution in [1.82, 2.24) is 4.72 Å². The summed E-state index contributed by atoms with van der Waals surface area (Å²) in [6, 6.07) is 6.47. The third kappa shape index (κ3) is 4.96. The third-order valence-electron chi connectivity index (χ3n) is 3.42. The average molecular weight is 315 g/mol. The Balaban J connectivity index is 1.85. The molecular formula is C14H23N2O4S+. The highest BCUT2D eigenvalue weighted by Gasteiger charge is 2.17. The van der Waals surface area contributed by atoms with Crippen molar-refractivity contribution in [2.24, 2.45) is 0 Å². The molecule has 0 atom stereocenters. The molecule has 1 saturated heterocycles. The number of ether oxygens (including phenoxy) is 2. The Bertz CT molecular complexity index is 524. The highest BCUT2D eigenvalue weighted by atomic mass is 32.2. The first kappa shape index (κ1) is 16.2. The highest BCUT2D eigenvalue weighted by Crippen LogP contribution is 2.15. The zero-order valence-corrected chi connectivity index (χ0v) is 13.1. The Hall–Kier alpha value is -1.15. The van der Waals surface area contributed by atoms with E-state index in [-0.39, 0.29) is 4.90 Å². The number of morpholine rings is 1. The predicted octanol–water partition coefficient (Wildman–Crippen LogP) is -0.721. The van der Waals surface area contributed by atoms with Gasteiger partial charge in [0.05, 0.1) is 37.8 Å². The van der Waals surface area contributed by atoms with E-state index in [0.29, 0.717) is 18.9 Å². The number of sulfonamides is 1. The van der Waals surface area contributed by atoms with Gasteiger partial charge in [-0.1, -0.05) is 0 Å². The van der Waals surface area contributed by atoms with Crippen LogP contribution < -0.4 is 14.4 Å². The van der Waals surface area contributed by atoms with Gasteiger partial charge in [-0.05, 0) is 31.2 Å². The minimum atomic E-state index is -3.44. The highest BCUT2D eigenvalue weighted by molar-refractivity contribution is 7.89. The Morgan fingerprint density at radius 1 is 1.24 bits per heavy atom. The summed E-state index contributed by atoms with van der Waals surface area (Å²) in [4.78, 5) is 1.64. The zero-order chi connectivity index (χ0) is 15.1. The molecule has 0 amide bonds. The third-order valence-corrected chi connectivity index (χ3v) is 4.89. The Morgan fingerprint density at radius 2 is 1.90 bits per heavy atom. The van der Waals surface area contributed by atoms with E-state index in [4.69, 9.17) is 9.47 Å². The van der Waals surface area contributed by atoms with Crippen LogP contribution in [0.4, 0.5) is 0 Å². The molecule has 7 heteroatoms. The van der Waals surface area contributed by atoms with Crippen molar-refractivity contribution in [3.05, 3.63) is 24.3 Å². The molecule has 2 N–H and O–H groups in total. The number of hydrogen-bond acceptors (Lipinski definition) is 4. The molecule has 0 unspecified atom stereocenters. The fourth-order valence-electron chi connectivity index (χ4n) is 2.24. The van der Waals surface area contributed by atoms with Gasteiger partial charge in [-0.25, -0.2) is 13.1 Å². The van der Waals surface area contributed by atoms with Crippen molar-refractivity contribution in [3.63, 3.8) is 0 Å². The summed E-state index contributed by atoms with van der Waals surface area (Å²) in [7, 11) is -3.44. The van der Waals surface area contributed by atoms with Crippen LogP contribution in [0.25, 0.3) is 0 Å². The van der Waals surface area contributed by atoms with E-state index in [2.05, 4.69) is 4.72 Å². The molecule has 2 rings (SSSR count). The second kappa shape index (κ2) is 7.74. The van der Waals surface area contributed by atoms with Gasteiger partial charge in [0.25, 0.3) is 0 Å². The van der Waals surface area contributed by atoms with Crippen molar-refractivity contribution in [2.75, 3.05) is 46.0 Å². The molecule has 1 aromatic rings. The topological polar surface area (TPSA) is 69.1 Å². The molecule has 0 aromatic heterocycles. The lowest BCUT2D eigenvalue weighted by Crippen LogP contribution is -3.14. The van der Waals surface area contributed by atoms with Crippen LogP contribution in [0.1, 0.15) is 6.92 Å². The molecular weight excluding hydrogens is 292 g/mol. The van der Waals surface area contributed by atoms with E-state index in [1.165, 1.54) is 4.90 Å². The summed E-state index contributed by atoms with van der Waals surface area (Å²) in [5, 5.41) is 0. The second-order valence-corrected chi connectivity index (χ2v) is 6.68. The second-order valence-electron chi connectivity index (χ2n) is 4.91. The summed E-state index contributed by atoms with van der Waals surface area (Å²) in [5.41, 5.74) is 0. The van der Waals surface area contributed by atoms with Gasteiger partial charge in [0.15, 0.2) is 0 Å². The summed E-state index contributed by atoms with van der Waals surface area (Å²) < 4.78 is 37.5. The lowest BCUT2D eigenvalue weighted by Gasteiger charge is -2.23. The minimum absolute atomic E-state index is 0.267. The van der Waals surface area contributed by atoms with Gasteiger partial charge in [-0.2, -0.15) is 0 Å². The van der Waals surface area contributed by atoms with Crippen LogP contribution in [0.5, 0.6) is 5.75 Å². The fraction of sp³-hybridized carbons (Fsp3) is 0.571.